The van der Waals surface area contributed by atoms with E-state index in [1.165, 1.54) is 18.2 Å². The molecule has 0 aliphatic carbocycles. The van der Waals surface area contributed by atoms with E-state index in [1.807, 2.05) is 18.2 Å². The normalized spacial score (nSPS) is 11.8. The molecule has 0 aliphatic rings. The van der Waals surface area contributed by atoms with Crippen molar-refractivity contribution in [3.8, 4) is 0 Å². The lowest BCUT2D eigenvalue weighted by Crippen LogP contribution is -2.56. The molecule has 0 radical (unpaired) electrons. The Hall–Kier alpha value is -2.26. The third kappa shape index (κ3) is 7.94. The number of anilines is 1. The van der Waals surface area contributed by atoms with Gasteiger partial charge < -0.3 is 25.3 Å². The van der Waals surface area contributed by atoms with Gasteiger partial charge in [-0.05, 0) is 35.5 Å². The first-order chi connectivity index (χ1) is 13.6. The van der Waals surface area contributed by atoms with Crippen molar-refractivity contribution in [1.29, 1.82) is 0 Å². The topological polar surface area (TPSA) is 103 Å². The van der Waals surface area contributed by atoms with Gasteiger partial charge in [-0.2, -0.15) is 0 Å². The lowest BCUT2D eigenvalue weighted by Gasteiger charge is -2.27. The molecular formula is C18H15Cl3N3O4S-. The average molecular weight is 476 g/mol. The summed E-state index contributed by atoms with van der Waals surface area (Å²) in [6.07, 6.45) is -2.07. The molecule has 0 bridgehead atoms. The van der Waals surface area contributed by atoms with E-state index in [-0.39, 0.29) is 17.3 Å². The number of aromatic carboxylic acids is 1. The van der Waals surface area contributed by atoms with Crippen LogP contribution in [0.1, 0.15) is 15.9 Å². The van der Waals surface area contributed by atoms with Crippen molar-refractivity contribution in [3.63, 3.8) is 0 Å². The van der Waals surface area contributed by atoms with E-state index in [1.54, 1.807) is 18.2 Å². The number of ether oxygens (including phenoxy) is 1. The number of carbonyl (C=O) groups excluding carboxylic acids is 2. The number of carboxylic acids is 1. The number of nitrogens with one attached hydrogen (secondary N) is 3. The molecule has 0 spiro atoms. The number of hydrogen-bond donors (Lipinski definition) is 3. The molecule has 3 N–H and O–H groups in total. The molecule has 1 atom stereocenters. The molecule has 0 heterocycles. The van der Waals surface area contributed by atoms with Crippen LogP contribution in [0.3, 0.4) is 0 Å². The highest BCUT2D eigenvalue weighted by atomic mass is 35.6. The van der Waals surface area contributed by atoms with Gasteiger partial charge in [0.2, 0.25) is 3.79 Å². The first-order valence-electron chi connectivity index (χ1n) is 8.08. The quantitative estimate of drug-likeness (QED) is 0.335. The van der Waals surface area contributed by atoms with Crippen molar-refractivity contribution in [2.24, 2.45) is 0 Å². The zero-order chi connectivity index (χ0) is 21.4. The summed E-state index contributed by atoms with van der Waals surface area (Å²) in [5, 5.41) is 18.6. The zero-order valence-corrected chi connectivity index (χ0v) is 17.7. The third-order valence-corrected chi connectivity index (χ3v) is 4.31. The standard InChI is InChI=1S/C18H16Cl3N3O4S/c19-18(20,21)15(24-17(27)28-10-11-5-2-1-3-6-11)23-16(29)22-13-8-4-7-12(9-13)14(25)26/h1-9,15H,10H2,(H,24,27)(H,25,26)(H2,22,23,29)/p-1/t15-/m0/s1. The minimum absolute atomic E-state index is 0.0258. The molecule has 11 heteroatoms. The van der Waals surface area contributed by atoms with Crippen molar-refractivity contribution in [1.82, 2.24) is 10.6 Å². The molecule has 0 unspecified atom stereocenters. The van der Waals surface area contributed by atoms with E-state index in [4.69, 9.17) is 51.8 Å². The summed E-state index contributed by atoms with van der Waals surface area (Å²) >= 11 is 22.8. The van der Waals surface area contributed by atoms with Crippen LogP contribution in [0, 0.1) is 0 Å². The Morgan fingerprint density at radius 1 is 1.07 bits per heavy atom. The van der Waals surface area contributed by atoms with Gasteiger partial charge in [0, 0.05) is 5.69 Å². The molecule has 2 aromatic rings. The van der Waals surface area contributed by atoms with Crippen molar-refractivity contribution < 1.29 is 19.4 Å². The fraction of sp³-hybridized carbons (Fsp3) is 0.167. The summed E-state index contributed by atoms with van der Waals surface area (Å²) in [4.78, 5) is 23.0. The zero-order valence-electron chi connectivity index (χ0n) is 14.7. The van der Waals surface area contributed by atoms with E-state index in [0.717, 1.165) is 5.56 Å². The second-order valence-corrected chi connectivity index (χ2v) is 8.42. The van der Waals surface area contributed by atoms with Gasteiger partial charge in [-0.15, -0.1) is 0 Å². The lowest BCUT2D eigenvalue weighted by molar-refractivity contribution is -0.255. The van der Waals surface area contributed by atoms with Crippen LogP contribution >= 0.6 is 47.0 Å². The van der Waals surface area contributed by atoms with Crippen LogP contribution in [-0.4, -0.2) is 27.1 Å². The van der Waals surface area contributed by atoms with Gasteiger partial charge in [0.1, 0.15) is 6.61 Å². The van der Waals surface area contributed by atoms with Crippen molar-refractivity contribution >= 4 is 69.9 Å². The number of amides is 1. The minimum atomic E-state index is -1.97. The van der Waals surface area contributed by atoms with Crippen molar-refractivity contribution in [3.05, 3.63) is 65.7 Å². The van der Waals surface area contributed by atoms with Crippen LogP contribution in [-0.2, 0) is 11.3 Å². The van der Waals surface area contributed by atoms with E-state index >= 15 is 0 Å². The van der Waals surface area contributed by atoms with Crippen LogP contribution < -0.4 is 21.1 Å². The average Bonchev–Trinajstić information content (AvgIpc) is 2.66. The van der Waals surface area contributed by atoms with Gasteiger partial charge in [0.15, 0.2) is 11.3 Å². The highest BCUT2D eigenvalue weighted by molar-refractivity contribution is 7.80. The molecule has 154 valence electrons. The Morgan fingerprint density at radius 3 is 2.38 bits per heavy atom. The van der Waals surface area contributed by atoms with Gasteiger partial charge in [-0.3, -0.25) is 5.32 Å². The first kappa shape index (κ1) is 23.0. The maximum Gasteiger partial charge on any atom is 0.409 e. The first-order valence-corrected chi connectivity index (χ1v) is 9.62. The molecule has 2 aromatic carbocycles. The Bertz CT molecular complexity index is 878. The van der Waals surface area contributed by atoms with Gasteiger partial charge in [-0.1, -0.05) is 77.3 Å². The summed E-state index contributed by atoms with van der Waals surface area (Å²) < 4.78 is 3.13. The number of carbonyl (C=O) groups is 2. The molecule has 0 saturated carbocycles. The molecular weight excluding hydrogens is 461 g/mol. The Labute approximate surface area is 187 Å². The van der Waals surface area contributed by atoms with Crippen molar-refractivity contribution in [2.75, 3.05) is 5.32 Å². The highest BCUT2D eigenvalue weighted by Crippen LogP contribution is 2.29. The smallest absolute Gasteiger partial charge is 0.409 e. The van der Waals surface area contributed by atoms with Gasteiger partial charge >= 0.3 is 6.09 Å². The van der Waals surface area contributed by atoms with Gasteiger partial charge in [0.25, 0.3) is 0 Å². The molecule has 29 heavy (non-hydrogen) atoms. The Morgan fingerprint density at radius 2 is 1.76 bits per heavy atom. The van der Waals surface area contributed by atoms with E-state index < -0.39 is 22.0 Å². The fourth-order valence-corrected chi connectivity index (χ4v) is 2.67. The number of hydrogen-bond acceptors (Lipinski definition) is 5. The SMILES string of the molecule is O=C(N[C@H](NC(=S)Nc1cccc(C(=O)[O-])c1)C(Cl)(Cl)Cl)OCc1ccccc1. The maximum absolute atomic E-state index is 12.0. The van der Waals surface area contributed by atoms with Gasteiger partial charge in [0.05, 0.1) is 5.97 Å². The van der Waals surface area contributed by atoms with Gasteiger partial charge in [-0.25, -0.2) is 4.79 Å². The number of carboxylic acid groups (broad SMARTS) is 1. The van der Waals surface area contributed by atoms with E-state index in [2.05, 4.69) is 16.0 Å². The van der Waals surface area contributed by atoms with Crippen LogP contribution in [0.15, 0.2) is 54.6 Å². The predicted octanol–water partition coefficient (Wildman–Crippen LogP) is 2.96. The minimum Gasteiger partial charge on any atom is -0.545 e. The van der Waals surface area contributed by atoms with Crippen LogP contribution in [0.5, 0.6) is 0 Å². The van der Waals surface area contributed by atoms with Crippen LogP contribution in [0.4, 0.5) is 10.5 Å². The fourth-order valence-electron chi connectivity index (χ4n) is 2.10. The van der Waals surface area contributed by atoms with Crippen LogP contribution in [0.25, 0.3) is 0 Å². The van der Waals surface area contributed by atoms with E-state index in [9.17, 15) is 14.7 Å². The lowest BCUT2D eigenvalue weighted by atomic mass is 10.2. The molecule has 0 saturated heterocycles. The number of halogens is 3. The second-order valence-electron chi connectivity index (χ2n) is 5.65. The highest BCUT2D eigenvalue weighted by Gasteiger charge is 2.35. The maximum atomic E-state index is 12.0. The summed E-state index contributed by atoms with van der Waals surface area (Å²) in [5.74, 6) is -1.34. The summed E-state index contributed by atoms with van der Waals surface area (Å²) in [6, 6.07) is 14.8. The second kappa shape index (κ2) is 10.5. The monoisotopic (exact) mass is 474 g/mol. The molecule has 1 amide bonds. The number of alkyl halides is 3. The number of benzene rings is 2. The largest absolute Gasteiger partial charge is 0.545 e. The number of alkyl carbamates (subject to hydrolysis) is 1. The predicted molar refractivity (Wildman–Crippen MR) is 114 cm³/mol. The Balaban J connectivity index is 1.95. The summed E-state index contributed by atoms with van der Waals surface area (Å²) in [6.45, 7) is 0.0258. The Kier molecular flexibility index (Phi) is 8.33. The molecule has 7 nitrogen and oxygen atoms in total. The van der Waals surface area contributed by atoms with Crippen LogP contribution in [0.2, 0.25) is 0 Å². The van der Waals surface area contributed by atoms with Crippen molar-refractivity contribution in [2.45, 2.75) is 16.6 Å². The summed E-state index contributed by atoms with van der Waals surface area (Å²) in [7, 11) is 0. The van der Waals surface area contributed by atoms with E-state index in [0.29, 0.717) is 5.69 Å². The summed E-state index contributed by atoms with van der Waals surface area (Å²) in [5.41, 5.74) is 1.10. The number of thiocarbonyl (C=S) groups is 1. The molecule has 0 aromatic heterocycles. The third-order valence-electron chi connectivity index (χ3n) is 3.43. The molecule has 2 rings (SSSR count). The molecule has 0 fully saturated rings. The molecule has 0 aliphatic heterocycles. The number of rotatable bonds is 6.